The van der Waals surface area contributed by atoms with Crippen molar-refractivity contribution in [1.82, 2.24) is 25.0 Å². The molecule has 0 amide bonds. The SMILES string of the molecule is CCOc1ccc(S(=O)(=O)N/N=C(/C)c2cccc(-n3cnnn3)c2)cc1. The van der Waals surface area contributed by atoms with Crippen LogP contribution in [0.5, 0.6) is 5.75 Å². The number of sulfonamides is 1. The standard InChI is InChI=1S/C17H18N6O3S/c1-3-26-16-7-9-17(10-8-16)27(24,25)22-19-13(2)14-5-4-6-15(11-14)23-12-18-20-21-23/h4-12,22H,3H2,1-2H3/b19-13-. The maximum atomic E-state index is 12.4. The molecule has 3 aromatic rings. The molecule has 0 fully saturated rings. The van der Waals surface area contributed by atoms with E-state index in [0.29, 0.717) is 18.1 Å². The van der Waals surface area contributed by atoms with Crippen LogP contribution in [-0.2, 0) is 10.0 Å². The van der Waals surface area contributed by atoms with Crippen LogP contribution in [0.25, 0.3) is 5.69 Å². The van der Waals surface area contributed by atoms with E-state index in [2.05, 4.69) is 25.5 Å². The molecule has 0 aliphatic rings. The Morgan fingerprint density at radius 2 is 2.00 bits per heavy atom. The third-order valence-electron chi connectivity index (χ3n) is 3.66. The topological polar surface area (TPSA) is 111 Å². The molecule has 0 aliphatic carbocycles. The summed E-state index contributed by atoms with van der Waals surface area (Å²) in [5.41, 5.74) is 1.97. The van der Waals surface area contributed by atoms with Crippen LogP contribution >= 0.6 is 0 Å². The lowest BCUT2D eigenvalue weighted by molar-refractivity contribution is 0.340. The number of hydrazone groups is 1. The van der Waals surface area contributed by atoms with Crippen LogP contribution in [0.4, 0.5) is 0 Å². The summed E-state index contributed by atoms with van der Waals surface area (Å²) in [5, 5.41) is 15.0. The average Bonchev–Trinajstić information content (AvgIpc) is 3.22. The number of ether oxygens (including phenoxy) is 1. The van der Waals surface area contributed by atoms with Crippen molar-refractivity contribution >= 4 is 15.7 Å². The molecule has 10 heteroatoms. The van der Waals surface area contributed by atoms with Gasteiger partial charge in [0.25, 0.3) is 10.0 Å². The predicted molar refractivity (Wildman–Crippen MR) is 99.3 cm³/mol. The van der Waals surface area contributed by atoms with Gasteiger partial charge in [-0.1, -0.05) is 12.1 Å². The van der Waals surface area contributed by atoms with Gasteiger partial charge in [-0.05, 0) is 66.2 Å². The van der Waals surface area contributed by atoms with Crippen molar-refractivity contribution in [3.63, 3.8) is 0 Å². The average molecular weight is 386 g/mol. The lowest BCUT2D eigenvalue weighted by Crippen LogP contribution is -2.20. The highest BCUT2D eigenvalue weighted by Gasteiger charge is 2.13. The molecule has 1 N–H and O–H groups in total. The quantitative estimate of drug-likeness (QED) is 0.489. The van der Waals surface area contributed by atoms with Crippen molar-refractivity contribution in [2.45, 2.75) is 18.7 Å². The van der Waals surface area contributed by atoms with E-state index < -0.39 is 10.0 Å². The van der Waals surface area contributed by atoms with Gasteiger partial charge in [-0.25, -0.2) is 4.68 Å². The van der Waals surface area contributed by atoms with Crippen LogP contribution in [0.1, 0.15) is 19.4 Å². The lowest BCUT2D eigenvalue weighted by atomic mass is 10.1. The number of benzene rings is 2. The minimum absolute atomic E-state index is 0.102. The normalized spacial score (nSPS) is 12.0. The van der Waals surface area contributed by atoms with Gasteiger partial charge in [0.2, 0.25) is 0 Å². The van der Waals surface area contributed by atoms with Gasteiger partial charge in [0.05, 0.1) is 22.9 Å². The molecule has 27 heavy (non-hydrogen) atoms. The zero-order valence-corrected chi connectivity index (χ0v) is 15.6. The van der Waals surface area contributed by atoms with Gasteiger partial charge in [0.15, 0.2) is 0 Å². The second-order valence-corrected chi connectivity index (χ2v) is 7.16. The van der Waals surface area contributed by atoms with Gasteiger partial charge in [-0.2, -0.15) is 18.4 Å². The summed E-state index contributed by atoms with van der Waals surface area (Å²) < 4.78 is 31.6. The first-order valence-electron chi connectivity index (χ1n) is 8.12. The molecule has 0 saturated heterocycles. The van der Waals surface area contributed by atoms with Crippen LogP contribution in [0.2, 0.25) is 0 Å². The Morgan fingerprint density at radius 1 is 1.22 bits per heavy atom. The van der Waals surface area contributed by atoms with E-state index in [-0.39, 0.29) is 4.90 Å². The summed E-state index contributed by atoms with van der Waals surface area (Å²) in [5.74, 6) is 0.607. The summed E-state index contributed by atoms with van der Waals surface area (Å²) in [4.78, 5) is 2.35. The summed E-state index contributed by atoms with van der Waals surface area (Å²) in [6.45, 7) is 4.08. The van der Waals surface area contributed by atoms with Crippen molar-refractivity contribution in [2.75, 3.05) is 6.61 Å². The molecular weight excluding hydrogens is 368 g/mol. The second-order valence-electron chi connectivity index (χ2n) is 5.50. The molecule has 140 valence electrons. The summed E-state index contributed by atoms with van der Waals surface area (Å²) >= 11 is 0. The highest BCUT2D eigenvalue weighted by atomic mass is 32.2. The highest BCUT2D eigenvalue weighted by molar-refractivity contribution is 7.89. The minimum atomic E-state index is -3.78. The number of hydrogen-bond acceptors (Lipinski definition) is 7. The van der Waals surface area contributed by atoms with Crippen LogP contribution < -0.4 is 9.57 Å². The predicted octanol–water partition coefficient (Wildman–Crippen LogP) is 1.76. The Kier molecular flexibility index (Phi) is 5.46. The first-order valence-corrected chi connectivity index (χ1v) is 9.60. The van der Waals surface area contributed by atoms with Gasteiger partial charge < -0.3 is 4.74 Å². The smallest absolute Gasteiger partial charge is 0.276 e. The van der Waals surface area contributed by atoms with Crippen LogP contribution in [0, 0.1) is 0 Å². The fourth-order valence-electron chi connectivity index (χ4n) is 2.28. The van der Waals surface area contributed by atoms with Crippen molar-refractivity contribution in [3.05, 3.63) is 60.4 Å². The summed E-state index contributed by atoms with van der Waals surface area (Å²) in [6.07, 6.45) is 1.47. The number of nitrogens with zero attached hydrogens (tertiary/aromatic N) is 5. The Morgan fingerprint density at radius 3 is 2.67 bits per heavy atom. The van der Waals surface area contributed by atoms with Crippen molar-refractivity contribution in [1.29, 1.82) is 0 Å². The third kappa shape index (κ3) is 4.47. The number of rotatable bonds is 7. The van der Waals surface area contributed by atoms with Gasteiger partial charge in [-0.3, -0.25) is 0 Å². The fourth-order valence-corrected chi connectivity index (χ4v) is 3.14. The van der Waals surface area contributed by atoms with E-state index in [1.807, 2.05) is 25.1 Å². The lowest BCUT2D eigenvalue weighted by Gasteiger charge is -2.08. The maximum absolute atomic E-state index is 12.4. The van der Waals surface area contributed by atoms with Crippen molar-refractivity contribution < 1.29 is 13.2 Å². The molecule has 0 saturated carbocycles. The number of nitrogens with one attached hydrogen (secondary N) is 1. The fraction of sp³-hybridized carbons (Fsp3) is 0.176. The minimum Gasteiger partial charge on any atom is -0.494 e. The Bertz CT molecular complexity index is 1030. The molecule has 1 aromatic heterocycles. The van der Waals surface area contributed by atoms with Crippen molar-refractivity contribution in [3.8, 4) is 11.4 Å². The molecule has 9 nitrogen and oxygen atoms in total. The third-order valence-corrected chi connectivity index (χ3v) is 4.88. The van der Waals surface area contributed by atoms with E-state index >= 15 is 0 Å². The Balaban J connectivity index is 1.77. The largest absolute Gasteiger partial charge is 0.494 e. The first-order chi connectivity index (χ1) is 13.0. The molecule has 1 heterocycles. The molecule has 3 rings (SSSR count). The van der Waals surface area contributed by atoms with Gasteiger partial charge in [-0.15, -0.1) is 5.10 Å². The summed E-state index contributed by atoms with van der Waals surface area (Å²) in [7, 11) is -3.78. The molecule has 0 atom stereocenters. The monoisotopic (exact) mass is 386 g/mol. The molecule has 2 aromatic carbocycles. The van der Waals surface area contributed by atoms with Crippen LogP contribution in [-0.4, -0.2) is 40.9 Å². The van der Waals surface area contributed by atoms with Crippen LogP contribution in [0.15, 0.2) is 64.9 Å². The number of aromatic nitrogens is 4. The zero-order chi connectivity index (χ0) is 19.3. The van der Waals surface area contributed by atoms with Gasteiger partial charge in [0.1, 0.15) is 12.1 Å². The maximum Gasteiger partial charge on any atom is 0.276 e. The highest BCUT2D eigenvalue weighted by Crippen LogP contribution is 2.16. The van der Waals surface area contributed by atoms with Gasteiger partial charge in [0, 0.05) is 0 Å². The summed E-state index contributed by atoms with van der Waals surface area (Å²) in [6, 6.07) is 13.4. The molecular formula is C17H18N6O3S. The van der Waals surface area contributed by atoms with E-state index in [9.17, 15) is 8.42 Å². The van der Waals surface area contributed by atoms with Crippen LogP contribution in [0.3, 0.4) is 0 Å². The van der Waals surface area contributed by atoms with Gasteiger partial charge >= 0.3 is 0 Å². The van der Waals surface area contributed by atoms with E-state index in [0.717, 1.165) is 11.3 Å². The molecule has 0 aliphatic heterocycles. The first kappa shape index (κ1) is 18.5. The molecule has 0 radical (unpaired) electrons. The van der Waals surface area contributed by atoms with Crippen molar-refractivity contribution in [2.24, 2.45) is 5.10 Å². The van der Waals surface area contributed by atoms with E-state index in [1.54, 1.807) is 25.1 Å². The Labute approximate surface area is 156 Å². The molecule has 0 unspecified atom stereocenters. The second kappa shape index (κ2) is 7.96. The van der Waals surface area contributed by atoms with E-state index in [4.69, 9.17) is 4.74 Å². The molecule has 0 bridgehead atoms. The number of tetrazole rings is 1. The zero-order valence-electron chi connectivity index (χ0n) is 14.8. The number of hydrogen-bond donors (Lipinski definition) is 1. The Hall–Kier alpha value is -3.27. The molecule has 0 spiro atoms. The van der Waals surface area contributed by atoms with E-state index in [1.165, 1.54) is 23.1 Å².